The third-order valence-electron chi connectivity index (χ3n) is 2.37. The lowest BCUT2D eigenvalue weighted by Crippen LogP contribution is -1.95. The van der Waals surface area contributed by atoms with E-state index in [0.29, 0.717) is 11.8 Å². The highest BCUT2D eigenvalue weighted by Crippen LogP contribution is 2.23. The molecule has 0 spiro atoms. The molecular weight excluding hydrogens is 328 g/mol. The van der Waals surface area contributed by atoms with E-state index in [9.17, 15) is 0 Å². The van der Waals surface area contributed by atoms with Crippen molar-refractivity contribution < 1.29 is 9.15 Å². The van der Waals surface area contributed by atoms with Crippen LogP contribution in [-0.4, -0.2) is 10.2 Å². The lowest BCUT2D eigenvalue weighted by Gasteiger charge is -2.02. The van der Waals surface area contributed by atoms with Gasteiger partial charge < -0.3 is 9.15 Å². The summed E-state index contributed by atoms with van der Waals surface area (Å²) < 4.78 is 12.1. The van der Waals surface area contributed by atoms with E-state index in [1.165, 1.54) is 0 Å². The van der Waals surface area contributed by atoms with Crippen LogP contribution in [0.1, 0.15) is 5.89 Å². The van der Waals surface area contributed by atoms with Crippen molar-refractivity contribution in [3.05, 3.63) is 52.1 Å². The molecule has 0 N–H and O–H groups in total. The Morgan fingerprint density at radius 3 is 2.74 bits per heavy atom. The molecule has 0 saturated carbocycles. The van der Waals surface area contributed by atoms with E-state index in [2.05, 4.69) is 26.1 Å². The van der Waals surface area contributed by atoms with Gasteiger partial charge in [0, 0.05) is 4.47 Å². The molecule has 2 aromatic heterocycles. The first-order valence-corrected chi connectivity index (χ1v) is 7.23. The van der Waals surface area contributed by atoms with E-state index < -0.39 is 0 Å². The fourth-order valence-corrected chi connectivity index (χ4v) is 2.40. The van der Waals surface area contributed by atoms with Crippen LogP contribution >= 0.6 is 27.3 Å². The molecule has 0 aliphatic carbocycles. The van der Waals surface area contributed by atoms with Crippen molar-refractivity contribution in [2.75, 3.05) is 0 Å². The molecule has 0 saturated heterocycles. The van der Waals surface area contributed by atoms with Crippen LogP contribution in [-0.2, 0) is 6.61 Å². The van der Waals surface area contributed by atoms with Crippen molar-refractivity contribution in [2.24, 2.45) is 0 Å². The number of aromatic nitrogens is 2. The Bertz CT molecular complexity index is 650. The largest absolute Gasteiger partial charge is 0.484 e. The van der Waals surface area contributed by atoms with Gasteiger partial charge in [0.25, 0.3) is 11.8 Å². The van der Waals surface area contributed by atoms with Crippen LogP contribution in [0, 0.1) is 0 Å². The lowest BCUT2D eigenvalue weighted by molar-refractivity contribution is 0.264. The Morgan fingerprint density at radius 1 is 1.16 bits per heavy atom. The molecule has 0 bridgehead atoms. The highest BCUT2D eigenvalue weighted by molar-refractivity contribution is 9.10. The number of ether oxygens (including phenoxy) is 1. The van der Waals surface area contributed by atoms with Crippen molar-refractivity contribution in [3.63, 3.8) is 0 Å². The van der Waals surface area contributed by atoms with Gasteiger partial charge in [0.2, 0.25) is 0 Å². The SMILES string of the molecule is Brc1ccc(OCc2nnc(-c3cccs3)o2)cc1. The number of halogens is 1. The maximum Gasteiger partial charge on any atom is 0.257 e. The summed E-state index contributed by atoms with van der Waals surface area (Å²) >= 11 is 4.93. The highest BCUT2D eigenvalue weighted by Gasteiger charge is 2.09. The molecule has 1 aromatic carbocycles. The third-order valence-corrected chi connectivity index (χ3v) is 3.76. The van der Waals surface area contributed by atoms with Crippen molar-refractivity contribution >= 4 is 27.3 Å². The van der Waals surface area contributed by atoms with Crippen molar-refractivity contribution in [3.8, 4) is 16.5 Å². The topological polar surface area (TPSA) is 48.2 Å². The minimum absolute atomic E-state index is 0.264. The first-order valence-electron chi connectivity index (χ1n) is 5.56. The maximum absolute atomic E-state index is 5.56. The maximum atomic E-state index is 5.56. The van der Waals surface area contributed by atoms with Gasteiger partial charge in [-0.05, 0) is 35.7 Å². The molecule has 0 radical (unpaired) electrons. The summed E-state index contributed by atoms with van der Waals surface area (Å²) in [6, 6.07) is 11.5. The Labute approximate surface area is 122 Å². The fraction of sp³-hybridized carbons (Fsp3) is 0.0769. The second-order valence-electron chi connectivity index (χ2n) is 3.72. The number of benzene rings is 1. The Hall–Kier alpha value is -1.66. The summed E-state index contributed by atoms with van der Waals surface area (Å²) in [5.74, 6) is 1.76. The molecule has 0 amide bonds. The number of thiophene rings is 1. The van der Waals surface area contributed by atoms with E-state index in [0.717, 1.165) is 15.1 Å². The monoisotopic (exact) mass is 336 g/mol. The average molecular weight is 337 g/mol. The first kappa shape index (κ1) is 12.4. The van der Waals surface area contributed by atoms with Crippen LogP contribution < -0.4 is 4.74 Å². The van der Waals surface area contributed by atoms with Gasteiger partial charge in [-0.15, -0.1) is 21.5 Å². The zero-order chi connectivity index (χ0) is 13.1. The van der Waals surface area contributed by atoms with Crippen LogP contribution in [0.25, 0.3) is 10.8 Å². The Balaban J connectivity index is 1.66. The Kier molecular flexibility index (Phi) is 3.61. The molecule has 0 unspecified atom stereocenters. The molecule has 0 atom stereocenters. The zero-order valence-corrected chi connectivity index (χ0v) is 12.1. The van der Waals surface area contributed by atoms with Gasteiger partial charge in [0.1, 0.15) is 5.75 Å². The molecular formula is C13H9BrN2O2S. The van der Waals surface area contributed by atoms with Crippen LogP contribution in [0.2, 0.25) is 0 Å². The fourth-order valence-electron chi connectivity index (χ4n) is 1.49. The number of nitrogens with zero attached hydrogens (tertiary/aromatic N) is 2. The van der Waals surface area contributed by atoms with Gasteiger partial charge in [-0.25, -0.2) is 0 Å². The van der Waals surface area contributed by atoms with E-state index >= 15 is 0 Å². The van der Waals surface area contributed by atoms with E-state index in [-0.39, 0.29) is 6.61 Å². The minimum atomic E-state index is 0.264. The molecule has 0 aliphatic rings. The second kappa shape index (κ2) is 5.54. The summed E-state index contributed by atoms with van der Waals surface area (Å²) in [4.78, 5) is 0.961. The van der Waals surface area contributed by atoms with Crippen molar-refractivity contribution in [1.29, 1.82) is 0 Å². The van der Waals surface area contributed by atoms with Gasteiger partial charge in [-0.3, -0.25) is 0 Å². The third kappa shape index (κ3) is 3.02. The highest BCUT2D eigenvalue weighted by atomic mass is 79.9. The normalized spacial score (nSPS) is 10.6. The minimum Gasteiger partial charge on any atom is -0.484 e. The number of rotatable bonds is 4. The molecule has 96 valence electrons. The molecule has 0 aliphatic heterocycles. The van der Waals surface area contributed by atoms with E-state index in [1.54, 1.807) is 11.3 Å². The van der Waals surface area contributed by atoms with E-state index in [1.807, 2.05) is 41.8 Å². The smallest absolute Gasteiger partial charge is 0.257 e. The molecule has 2 heterocycles. The number of hydrogen-bond donors (Lipinski definition) is 0. The van der Waals surface area contributed by atoms with E-state index in [4.69, 9.17) is 9.15 Å². The van der Waals surface area contributed by atoms with Gasteiger partial charge in [0.05, 0.1) is 4.88 Å². The van der Waals surface area contributed by atoms with Crippen LogP contribution in [0.3, 0.4) is 0 Å². The van der Waals surface area contributed by atoms with Gasteiger partial charge >= 0.3 is 0 Å². The molecule has 6 heteroatoms. The summed E-state index contributed by atoms with van der Waals surface area (Å²) in [7, 11) is 0. The van der Waals surface area contributed by atoms with Crippen LogP contribution in [0.4, 0.5) is 0 Å². The molecule has 4 nitrogen and oxygen atoms in total. The van der Waals surface area contributed by atoms with Crippen LogP contribution in [0.5, 0.6) is 5.75 Å². The second-order valence-corrected chi connectivity index (χ2v) is 5.58. The van der Waals surface area contributed by atoms with Crippen LogP contribution in [0.15, 0.2) is 50.7 Å². The van der Waals surface area contributed by atoms with Gasteiger partial charge in [-0.1, -0.05) is 22.0 Å². The average Bonchev–Trinajstić information content (AvgIpc) is 3.09. The molecule has 3 rings (SSSR count). The quantitative estimate of drug-likeness (QED) is 0.718. The predicted molar refractivity (Wildman–Crippen MR) is 76.1 cm³/mol. The van der Waals surface area contributed by atoms with Gasteiger partial charge in [-0.2, -0.15) is 0 Å². The summed E-state index contributed by atoms with van der Waals surface area (Å²) in [5, 5.41) is 9.92. The van der Waals surface area contributed by atoms with Crippen molar-refractivity contribution in [2.45, 2.75) is 6.61 Å². The molecule has 3 aromatic rings. The standard InChI is InChI=1S/C13H9BrN2O2S/c14-9-3-5-10(6-4-9)17-8-12-15-16-13(18-12)11-2-1-7-19-11/h1-7H,8H2. The zero-order valence-electron chi connectivity index (χ0n) is 9.75. The molecule has 0 fully saturated rings. The Morgan fingerprint density at radius 2 is 2.00 bits per heavy atom. The van der Waals surface area contributed by atoms with Crippen molar-refractivity contribution in [1.82, 2.24) is 10.2 Å². The summed E-state index contributed by atoms with van der Waals surface area (Å²) in [5.41, 5.74) is 0. The first-order chi connectivity index (χ1) is 9.31. The lowest BCUT2D eigenvalue weighted by atomic mass is 10.3. The summed E-state index contributed by atoms with van der Waals surface area (Å²) in [6.07, 6.45) is 0. The number of hydrogen-bond acceptors (Lipinski definition) is 5. The van der Waals surface area contributed by atoms with Gasteiger partial charge in [0.15, 0.2) is 6.61 Å². The predicted octanol–water partition coefficient (Wildman–Crippen LogP) is 4.14. The summed E-state index contributed by atoms with van der Waals surface area (Å²) in [6.45, 7) is 0.264. The molecule has 19 heavy (non-hydrogen) atoms.